The molecule has 2 unspecified atom stereocenters. The fraction of sp³-hybridized carbons (Fsp3) is 0.500. The van der Waals surface area contributed by atoms with Crippen LogP contribution in [0.15, 0.2) is 30.7 Å². The molecule has 0 amide bonds. The average molecular weight is 399 g/mol. The van der Waals surface area contributed by atoms with Crippen LogP contribution in [0.4, 0.5) is 5.69 Å². The van der Waals surface area contributed by atoms with Gasteiger partial charge in [-0.1, -0.05) is 11.6 Å². The fourth-order valence-corrected chi connectivity index (χ4v) is 4.77. The maximum atomic E-state index is 6.70. The molecule has 28 heavy (non-hydrogen) atoms. The molecule has 2 aliphatic heterocycles. The summed E-state index contributed by atoms with van der Waals surface area (Å²) in [4.78, 5) is 4.85. The Hall–Kier alpha value is -2.09. The molecule has 3 aromatic rings. The number of rotatable bonds is 3. The lowest BCUT2D eigenvalue weighted by Gasteiger charge is -2.49. The number of fused-ring (bicyclic) bond motifs is 3. The summed E-state index contributed by atoms with van der Waals surface area (Å²) in [6.45, 7) is 3.40. The Bertz CT molecular complexity index is 1030. The Balaban J connectivity index is 1.39. The monoisotopic (exact) mass is 398 g/mol. The first-order chi connectivity index (χ1) is 13.7. The van der Waals surface area contributed by atoms with Crippen LogP contribution in [0.1, 0.15) is 18.9 Å². The van der Waals surface area contributed by atoms with E-state index in [4.69, 9.17) is 16.3 Å². The number of ether oxygens (including phenoxy) is 1. The lowest BCUT2D eigenvalue weighted by Crippen LogP contribution is -2.63. The van der Waals surface area contributed by atoms with E-state index in [1.807, 2.05) is 23.1 Å². The van der Waals surface area contributed by atoms with Gasteiger partial charge in [-0.2, -0.15) is 10.2 Å². The normalized spacial score (nSPS) is 25.6. The summed E-state index contributed by atoms with van der Waals surface area (Å²) >= 11 is 6.70. The molecular weight excluding hydrogens is 376 g/mol. The van der Waals surface area contributed by atoms with Crippen molar-refractivity contribution in [2.45, 2.75) is 31.0 Å². The van der Waals surface area contributed by atoms with Crippen LogP contribution in [0.3, 0.4) is 0 Å². The van der Waals surface area contributed by atoms with Crippen molar-refractivity contribution in [1.82, 2.24) is 24.5 Å². The molecule has 4 heterocycles. The number of morpholine rings is 1. The quantitative estimate of drug-likeness (QED) is 0.679. The summed E-state index contributed by atoms with van der Waals surface area (Å²) < 4.78 is 9.79. The molecule has 0 radical (unpaired) electrons. The second-order valence-electron chi connectivity index (χ2n) is 8.24. The van der Waals surface area contributed by atoms with Gasteiger partial charge >= 0.3 is 0 Å². The molecule has 7 nitrogen and oxygen atoms in total. The molecule has 2 atom stereocenters. The van der Waals surface area contributed by atoms with Crippen LogP contribution in [-0.4, -0.2) is 69.9 Å². The van der Waals surface area contributed by atoms with Crippen molar-refractivity contribution in [2.75, 3.05) is 38.3 Å². The number of benzene rings is 1. The maximum absolute atomic E-state index is 6.70. The first-order valence-electron chi connectivity index (χ1n) is 9.94. The minimum atomic E-state index is 0.404. The van der Waals surface area contributed by atoms with Crippen molar-refractivity contribution < 1.29 is 4.74 Å². The topological polar surface area (TPSA) is 51.4 Å². The van der Waals surface area contributed by atoms with E-state index in [-0.39, 0.29) is 0 Å². The zero-order valence-corrected chi connectivity index (χ0v) is 16.6. The molecule has 146 valence electrons. The van der Waals surface area contributed by atoms with Crippen LogP contribution in [-0.2, 0) is 4.74 Å². The number of aromatic nitrogens is 4. The van der Waals surface area contributed by atoms with Gasteiger partial charge in [0.05, 0.1) is 66.2 Å². The highest BCUT2D eigenvalue weighted by molar-refractivity contribution is 6.34. The van der Waals surface area contributed by atoms with Crippen LogP contribution >= 0.6 is 11.6 Å². The number of hydrogen-bond donors (Lipinski definition) is 0. The Kier molecular flexibility index (Phi) is 3.73. The second-order valence-corrected chi connectivity index (χ2v) is 8.65. The largest absolute Gasteiger partial charge is 0.378 e. The van der Waals surface area contributed by atoms with Crippen LogP contribution in [0.25, 0.3) is 16.6 Å². The predicted molar refractivity (Wildman–Crippen MR) is 109 cm³/mol. The first-order valence-corrected chi connectivity index (χ1v) is 10.3. The van der Waals surface area contributed by atoms with Gasteiger partial charge in [0.15, 0.2) is 0 Å². The van der Waals surface area contributed by atoms with Gasteiger partial charge in [0, 0.05) is 18.5 Å². The molecule has 2 aromatic heterocycles. The number of hydrogen-bond acceptors (Lipinski definition) is 5. The van der Waals surface area contributed by atoms with E-state index in [0.29, 0.717) is 18.1 Å². The Morgan fingerprint density at radius 3 is 2.57 bits per heavy atom. The summed E-state index contributed by atoms with van der Waals surface area (Å²) in [5, 5.41) is 11.0. The summed E-state index contributed by atoms with van der Waals surface area (Å²) in [7, 11) is 2.20. The third kappa shape index (κ3) is 2.64. The standard InChI is InChI=1S/C20H23ClN6O/c1-24-16-8-25(9-17(24)12-28-11-16)20-5-19-13(4-18(20)21)6-23-27(19)15-7-22-26(10-15)14-2-3-14/h4-7,10,14,16-17H,2-3,8-9,11-12H2,1H3. The van der Waals surface area contributed by atoms with Crippen molar-refractivity contribution >= 4 is 28.2 Å². The fourth-order valence-electron chi connectivity index (χ4n) is 4.48. The Labute approximate surface area is 168 Å². The van der Waals surface area contributed by atoms with Gasteiger partial charge in [-0.05, 0) is 32.0 Å². The van der Waals surface area contributed by atoms with Crippen molar-refractivity contribution in [3.63, 3.8) is 0 Å². The summed E-state index contributed by atoms with van der Waals surface area (Å²) in [5.41, 5.74) is 3.14. The molecular formula is C20H23ClN6O. The number of anilines is 1. The zero-order valence-electron chi connectivity index (χ0n) is 15.8. The summed E-state index contributed by atoms with van der Waals surface area (Å²) in [6.07, 6.45) is 8.31. The van der Waals surface area contributed by atoms with E-state index >= 15 is 0 Å². The minimum Gasteiger partial charge on any atom is -0.378 e. The lowest BCUT2D eigenvalue weighted by atomic mass is 10.0. The number of piperazine rings is 1. The second kappa shape index (κ2) is 6.20. The molecule has 1 aliphatic carbocycles. The number of nitrogens with zero attached hydrogens (tertiary/aromatic N) is 6. The molecule has 2 saturated heterocycles. The SMILES string of the molecule is CN1C2COCC1CN(c1cc3c(cnn3-c3cnn(C4CC4)c3)cc1Cl)C2. The molecule has 8 heteroatoms. The molecule has 3 aliphatic rings. The van der Waals surface area contributed by atoms with Gasteiger partial charge in [-0.3, -0.25) is 9.58 Å². The molecule has 0 N–H and O–H groups in total. The first kappa shape index (κ1) is 16.8. The lowest BCUT2D eigenvalue weighted by molar-refractivity contribution is -0.0439. The molecule has 3 fully saturated rings. The van der Waals surface area contributed by atoms with Gasteiger partial charge in [0.2, 0.25) is 0 Å². The highest BCUT2D eigenvalue weighted by Crippen LogP contribution is 2.36. The predicted octanol–water partition coefficient (Wildman–Crippen LogP) is 2.73. The highest BCUT2D eigenvalue weighted by Gasteiger charge is 2.36. The van der Waals surface area contributed by atoms with E-state index in [2.05, 4.69) is 44.0 Å². The van der Waals surface area contributed by atoms with Gasteiger partial charge < -0.3 is 9.64 Å². The molecule has 2 bridgehead atoms. The Morgan fingerprint density at radius 2 is 1.82 bits per heavy atom. The van der Waals surface area contributed by atoms with Crippen molar-refractivity contribution in [1.29, 1.82) is 0 Å². The smallest absolute Gasteiger partial charge is 0.103 e. The average Bonchev–Trinajstić information content (AvgIpc) is 3.26. The van der Waals surface area contributed by atoms with Crippen LogP contribution in [0.2, 0.25) is 5.02 Å². The number of halogens is 1. The highest BCUT2D eigenvalue weighted by atomic mass is 35.5. The summed E-state index contributed by atoms with van der Waals surface area (Å²) in [6, 6.07) is 5.58. The zero-order chi connectivity index (χ0) is 18.8. The van der Waals surface area contributed by atoms with Gasteiger partial charge in [0.1, 0.15) is 5.69 Å². The van der Waals surface area contributed by atoms with Crippen molar-refractivity contribution in [3.05, 3.63) is 35.7 Å². The number of likely N-dealkylation sites (N-methyl/N-ethyl adjacent to an activating group) is 1. The van der Waals surface area contributed by atoms with Crippen LogP contribution < -0.4 is 4.90 Å². The minimum absolute atomic E-state index is 0.404. The molecule has 0 spiro atoms. The maximum Gasteiger partial charge on any atom is 0.103 e. The van der Waals surface area contributed by atoms with E-state index in [0.717, 1.165) is 53.6 Å². The van der Waals surface area contributed by atoms with Crippen molar-refractivity contribution in [2.24, 2.45) is 0 Å². The van der Waals surface area contributed by atoms with Crippen molar-refractivity contribution in [3.8, 4) is 5.69 Å². The molecule has 1 saturated carbocycles. The van der Waals surface area contributed by atoms with E-state index < -0.39 is 0 Å². The molecule has 1 aromatic carbocycles. The summed E-state index contributed by atoms with van der Waals surface area (Å²) in [5.74, 6) is 0. The van der Waals surface area contributed by atoms with E-state index in [9.17, 15) is 0 Å². The molecule has 6 rings (SSSR count). The van der Waals surface area contributed by atoms with E-state index in [1.54, 1.807) is 0 Å². The van der Waals surface area contributed by atoms with E-state index in [1.165, 1.54) is 12.8 Å². The third-order valence-corrected chi connectivity index (χ3v) is 6.67. The van der Waals surface area contributed by atoms with Crippen LogP contribution in [0.5, 0.6) is 0 Å². The van der Waals surface area contributed by atoms with Gasteiger partial charge in [-0.15, -0.1) is 0 Å². The van der Waals surface area contributed by atoms with Gasteiger partial charge in [-0.25, -0.2) is 4.68 Å². The third-order valence-electron chi connectivity index (χ3n) is 6.37. The Morgan fingerprint density at radius 1 is 1.04 bits per heavy atom. The van der Waals surface area contributed by atoms with Crippen LogP contribution in [0, 0.1) is 0 Å². The van der Waals surface area contributed by atoms with Gasteiger partial charge in [0.25, 0.3) is 0 Å².